The molecule has 0 aliphatic rings. The summed E-state index contributed by atoms with van der Waals surface area (Å²) in [5.41, 5.74) is 2.25. The van der Waals surface area contributed by atoms with E-state index in [0.29, 0.717) is 0 Å². The minimum atomic E-state index is 1.05. The minimum Gasteiger partial charge on any atom is -0.331 e. The molecule has 2 aromatic carbocycles. The Labute approximate surface area is 111 Å². The number of aryl methyl sites for hydroxylation is 2. The number of benzene rings is 2. The maximum Gasteiger partial charge on any atom is 0.106 e. The molecule has 0 N–H and O–H groups in total. The number of imidazole rings is 1. The highest BCUT2D eigenvalue weighted by molar-refractivity contribution is 7.99. The van der Waals surface area contributed by atoms with E-state index in [0.717, 1.165) is 11.3 Å². The van der Waals surface area contributed by atoms with Crippen molar-refractivity contribution in [1.82, 2.24) is 9.55 Å². The van der Waals surface area contributed by atoms with Crippen molar-refractivity contribution in [3.05, 3.63) is 54.4 Å². The van der Waals surface area contributed by atoms with Gasteiger partial charge in [-0.15, -0.1) is 0 Å². The van der Waals surface area contributed by atoms with Crippen molar-refractivity contribution in [2.45, 2.75) is 16.7 Å². The Morgan fingerprint density at radius 1 is 1.00 bits per heavy atom. The van der Waals surface area contributed by atoms with Gasteiger partial charge in [-0.25, -0.2) is 4.98 Å². The number of hydrogen-bond acceptors (Lipinski definition) is 2. The third kappa shape index (κ3) is 2.02. The van der Waals surface area contributed by atoms with Crippen LogP contribution in [0.25, 0.3) is 11.0 Å². The van der Waals surface area contributed by atoms with Crippen molar-refractivity contribution in [2.24, 2.45) is 7.05 Å². The highest BCUT2D eigenvalue weighted by atomic mass is 32.2. The summed E-state index contributed by atoms with van der Waals surface area (Å²) < 4.78 is 2.13. The normalized spacial score (nSPS) is 11.0. The molecular formula is C15H14N2S. The molecule has 90 valence electrons. The van der Waals surface area contributed by atoms with Gasteiger partial charge in [-0.1, -0.05) is 30.0 Å². The van der Waals surface area contributed by atoms with E-state index in [9.17, 15) is 0 Å². The van der Waals surface area contributed by atoms with E-state index in [1.54, 1.807) is 11.8 Å². The SMILES string of the molecule is Cc1nc2ccc(Sc3ccccc3)cc2n1C. The number of fused-ring (bicyclic) bond motifs is 1. The summed E-state index contributed by atoms with van der Waals surface area (Å²) in [5, 5.41) is 0. The first-order chi connectivity index (χ1) is 8.74. The fourth-order valence-corrected chi connectivity index (χ4v) is 2.85. The average Bonchev–Trinajstić information content (AvgIpc) is 2.67. The molecule has 3 heteroatoms. The van der Waals surface area contributed by atoms with Gasteiger partial charge in [-0.05, 0) is 37.3 Å². The number of hydrogen-bond donors (Lipinski definition) is 0. The first-order valence-corrected chi connectivity index (χ1v) is 6.72. The van der Waals surface area contributed by atoms with Crippen LogP contribution in [0.5, 0.6) is 0 Å². The van der Waals surface area contributed by atoms with E-state index >= 15 is 0 Å². The second-order valence-corrected chi connectivity index (χ2v) is 5.43. The molecule has 0 fully saturated rings. The van der Waals surface area contributed by atoms with Gasteiger partial charge < -0.3 is 4.57 Å². The Balaban J connectivity index is 2.01. The van der Waals surface area contributed by atoms with Gasteiger partial charge in [0.25, 0.3) is 0 Å². The lowest BCUT2D eigenvalue weighted by Crippen LogP contribution is -1.90. The van der Waals surface area contributed by atoms with Crippen LogP contribution >= 0.6 is 11.8 Å². The molecule has 3 aromatic rings. The molecule has 0 unspecified atom stereocenters. The molecule has 0 saturated heterocycles. The molecule has 2 nitrogen and oxygen atoms in total. The van der Waals surface area contributed by atoms with Gasteiger partial charge in [0.2, 0.25) is 0 Å². The molecule has 1 aromatic heterocycles. The summed E-state index contributed by atoms with van der Waals surface area (Å²) in [4.78, 5) is 7.02. The predicted molar refractivity (Wildman–Crippen MR) is 76.0 cm³/mol. The Morgan fingerprint density at radius 2 is 1.78 bits per heavy atom. The molecular weight excluding hydrogens is 240 g/mol. The second-order valence-electron chi connectivity index (χ2n) is 4.28. The largest absolute Gasteiger partial charge is 0.331 e. The molecule has 0 saturated carbocycles. The lowest BCUT2D eigenvalue weighted by molar-refractivity contribution is 0.885. The number of nitrogens with zero attached hydrogens (tertiary/aromatic N) is 2. The first-order valence-electron chi connectivity index (χ1n) is 5.90. The maximum atomic E-state index is 4.51. The van der Waals surface area contributed by atoms with E-state index in [2.05, 4.69) is 59.1 Å². The van der Waals surface area contributed by atoms with Crippen LogP contribution in [0.15, 0.2) is 58.3 Å². The lowest BCUT2D eigenvalue weighted by atomic mass is 10.3. The van der Waals surface area contributed by atoms with Gasteiger partial charge in [0.1, 0.15) is 5.82 Å². The summed E-state index contributed by atoms with van der Waals surface area (Å²) >= 11 is 1.78. The standard InChI is InChI=1S/C15H14N2S/c1-11-16-14-9-8-13(10-15(14)17(11)2)18-12-6-4-3-5-7-12/h3-10H,1-2H3. The van der Waals surface area contributed by atoms with Crippen molar-refractivity contribution in [1.29, 1.82) is 0 Å². The third-order valence-corrected chi connectivity index (χ3v) is 4.05. The fraction of sp³-hybridized carbons (Fsp3) is 0.133. The summed E-state index contributed by atoms with van der Waals surface area (Å²) in [6, 6.07) is 16.8. The van der Waals surface area contributed by atoms with Gasteiger partial charge >= 0.3 is 0 Å². The summed E-state index contributed by atoms with van der Waals surface area (Å²) in [6.45, 7) is 2.03. The van der Waals surface area contributed by atoms with Crippen LogP contribution in [-0.4, -0.2) is 9.55 Å². The summed E-state index contributed by atoms with van der Waals surface area (Å²) in [6.07, 6.45) is 0. The van der Waals surface area contributed by atoms with Crippen molar-refractivity contribution < 1.29 is 0 Å². The molecule has 0 aliphatic heterocycles. The average molecular weight is 254 g/mol. The smallest absolute Gasteiger partial charge is 0.106 e. The van der Waals surface area contributed by atoms with E-state index < -0.39 is 0 Å². The van der Waals surface area contributed by atoms with Crippen LogP contribution < -0.4 is 0 Å². The van der Waals surface area contributed by atoms with Crippen molar-refractivity contribution in [3.8, 4) is 0 Å². The molecule has 0 spiro atoms. The maximum absolute atomic E-state index is 4.51. The quantitative estimate of drug-likeness (QED) is 0.687. The van der Waals surface area contributed by atoms with Crippen molar-refractivity contribution in [3.63, 3.8) is 0 Å². The van der Waals surface area contributed by atoms with Crippen LogP contribution in [0, 0.1) is 6.92 Å². The monoisotopic (exact) mass is 254 g/mol. The van der Waals surface area contributed by atoms with E-state index in [1.165, 1.54) is 15.3 Å². The minimum absolute atomic E-state index is 1.05. The van der Waals surface area contributed by atoms with Crippen LogP contribution in [0.4, 0.5) is 0 Å². The van der Waals surface area contributed by atoms with E-state index in [1.807, 2.05) is 13.0 Å². The third-order valence-electron chi connectivity index (χ3n) is 3.05. The Bertz CT molecular complexity index is 686. The molecule has 0 bridgehead atoms. The first kappa shape index (κ1) is 11.4. The highest BCUT2D eigenvalue weighted by Crippen LogP contribution is 2.29. The zero-order valence-electron chi connectivity index (χ0n) is 10.4. The van der Waals surface area contributed by atoms with Gasteiger partial charge in [-0.2, -0.15) is 0 Å². The predicted octanol–water partition coefficient (Wildman–Crippen LogP) is 4.03. The van der Waals surface area contributed by atoms with Gasteiger partial charge in [-0.3, -0.25) is 0 Å². The van der Waals surface area contributed by atoms with Crippen molar-refractivity contribution >= 4 is 22.8 Å². The lowest BCUT2D eigenvalue weighted by Gasteiger charge is -2.02. The molecule has 0 aliphatic carbocycles. The second kappa shape index (κ2) is 4.50. The van der Waals surface area contributed by atoms with Crippen molar-refractivity contribution in [2.75, 3.05) is 0 Å². The Morgan fingerprint density at radius 3 is 2.56 bits per heavy atom. The van der Waals surface area contributed by atoms with Gasteiger partial charge in [0.05, 0.1) is 11.0 Å². The molecule has 0 amide bonds. The zero-order chi connectivity index (χ0) is 12.5. The molecule has 18 heavy (non-hydrogen) atoms. The molecule has 1 heterocycles. The molecule has 0 radical (unpaired) electrons. The zero-order valence-corrected chi connectivity index (χ0v) is 11.2. The van der Waals surface area contributed by atoms with Crippen LogP contribution in [-0.2, 0) is 7.05 Å². The number of aromatic nitrogens is 2. The fourth-order valence-electron chi connectivity index (χ4n) is 1.98. The Kier molecular flexibility index (Phi) is 2.84. The van der Waals surface area contributed by atoms with E-state index in [4.69, 9.17) is 0 Å². The van der Waals surface area contributed by atoms with Gasteiger partial charge in [0.15, 0.2) is 0 Å². The van der Waals surface area contributed by atoms with Gasteiger partial charge in [0, 0.05) is 16.8 Å². The summed E-state index contributed by atoms with van der Waals surface area (Å²) in [7, 11) is 2.06. The van der Waals surface area contributed by atoms with Crippen LogP contribution in [0.2, 0.25) is 0 Å². The Hall–Kier alpha value is -1.74. The van der Waals surface area contributed by atoms with Crippen LogP contribution in [0.3, 0.4) is 0 Å². The van der Waals surface area contributed by atoms with E-state index in [-0.39, 0.29) is 0 Å². The highest BCUT2D eigenvalue weighted by Gasteiger charge is 2.05. The molecule has 3 rings (SSSR count). The van der Waals surface area contributed by atoms with Crippen LogP contribution in [0.1, 0.15) is 5.82 Å². The summed E-state index contributed by atoms with van der Waals surface area (Å²) in [5.74, 6) is 1.05. The molecule has 0 atom stereocenters. The number of rotatable bonds is 2. The topological polar surface area (TPSA) is 17.8 Å².